The Kier molecular flexibility index (Phi) is 4.94. The molecule has 1 aliphatic carbocycles. The summed E-state index contributed by atoms with van der Waals surface area (Å²) in [5, 5.41) is 10.3. The molecular formula is C16H25NO3S. The maximum absolute atomic E-state index is 11.7. The summed E-state index contributed by atoms with van der Waals surface area (Å²) >= 11 is 0. The summed E-state index contributed by atoms with van der Waals surface area (Å²) in [5.74, 6) is 0.0312. The number of aliphatic hydroxyl groups excluding tert-OH is 1. The van der Waals surface area contributed by atoms with Gasteiger partial charge in [-0.25, -0.2) is 8.42 Å². The smallest absolute Gasteiger partial charge is 0.150 e. The van der Waals surface area contributed by atoms with Crippen molar-refractivity contribution in [2.45, 2.75) is 37.0 Å². The quantitative estimate of drug-likeness (QED) is 0.927. The zero-order chi connectivity index (χ0) is 15.6. The van der Waals surface area contributed by atoms with Crippen molar-refractivity contribution >= 4 is 15.5 Å². The van der Waals surface area contributed by atoms with E-state index < -0.39 is 15.9 Å². The van der Waals surface area contributed by atoms with E-state index in [0.717, 1.165) is 30.5 Å². The Labute approximate surface area is 127 Å². The molecule has 21 heavy (non-hydrogen) atoms. The fraction of sp³-hybridized carbons (Fsp3) is 0.625. The second kappa shape index (κ2) is 6.36. The molecular weight excluding hydrogens is 286 g/mol. The molecule has 0 radical (unpaired) electrons. The first-order chi connectivity index (χ1) is 9.79. The molecule has 1 fully saturated rings. The van der Waals surface area contributed by atoms with Crippen LogP contribution in [0.4, 0.5) is 5.69 Å². The van der Waals surface area contributed by atoms with Gasteiger partial charge in [0.15, 0.2) is 0 Å². The van der Waals surface area contributed by atoms with Crippen molar-refractivity contribution < 1.29 is 13.5 Å². The van der Waals surface area contributed by atoms with Gasteiger partial charge >= 0.3 is 0 Å². The molecule has 0 aliphatic heterocycles. The number of hydrogen-bond acceptors (Lipinski definition) is 4. The number of hydrogen-bond donors (Lipinski definition) is 1. The molecule has 1 aromatic carbocycles. The van der Waals surface area contributed by atoms with Crippen molar-refractivity contribution in [2.75, 3.05) is 25.3 Å². The number of anilines is 1. The molecule has 0 bridgehead atoms. The molecule has 2 rings (SSSR count). The third-order valence-corrected chi connectivity index (χ3v) is 6.11. The average Bonchev–Trinajstić information content (AvgIpc) is 2.46. The van der Waals surface area contributed by atoms with Gasteiger partial charge in [-0.2, -0.15) is 0 Å². The molecule has 1 N–H and O–H groups in total. The van der Waals surface area contributed by atoms with Crippen molar-refractivity contribution in [3.63, 3.8) is 0 Å². The zero-order valence-corrected chi connectivity index (χ0v) is 13.8. The van der Waals surface area contributed by atoms with Crippen LogP contribution in [-0.4, -0.2) is 39.1 Å². The van der Waals surface area contributed by atoms with Gasteiger partial charge in [-0.3, -0.25) is 0 Å². The minimum absolute atomic E-state index is 0.0312. The van der Waals surface area contributed by atoms with Crippen LogP contribution in [-0.2, 0) is 9.84 Å². The van der Waals surface area contributed by atoms with Crippen LogP contribution in [0.25, 0.3) is 0 Å². The van der Waals surface area contributed by atoms with E-state index in [-0.39, 0.29) is 11.2 Å². The third kappa shape index (κ3) is 3.98. The lowest BCUT2D eigenvalue weighted by Crippen LogP contribution is -2.30. The fourth-order valence-electron chi connectivity index (χ4n) is 3.10. The number of aliphatic hydroxyl groups is 1. The van der Waals surface area contributed by atoms with Gasteiger partial charge in [0.2, 0.25) is 0 Å². The fourth-order valence-corrected chi connectivity index (χ4v) is 4.29. The molecule has 3 atom stereocenters. The summed E-state index contributed by atoms with van der Waals surface area (Å²) in [4.78, 5) is 2.01. The number of benzene rings is 1. The van der Waals surface area contributed by atoms with Gasteiger partial charge in [0.25, 0.3) is 0 Å². The summed E-state index contributed by atoms with van der Waals surface area (Å²) < 4.78 is 23.4. The standard InChI is InChI=1S/C16H25NO3S/c1-17(2)14-9-7-12(8-10-14)16(18)13-5-4-6-15(11-13)21(3,19)20/h7-10,13,15-16,18H,4-6,11H2,1-3H3. The minimum Gasteiger partial charge on any atom is -0.388 e. The molecule has 1 saturated carbocycles. The Balaban J connectivity index is 2.10. The van der Waals surface area contributed by atoms with E-state index in [1.165, 1.54) is 6.26 Å². The summed E-state index contributed by atoms with van der Waals surface area (Å²) in [7, 11) is 0.941. The van der Waals surface area contributed by atoms with Gasteiger partial charge in [0, 0.05) is 26.0 Å². The minimum atomic E-state index is -3.01. The predicted octanol–water partition coefficient (Wildman–Crippen LogP) is 2.39. The van der Waals surface area contributed by atoms with E-state index in [1.54, 1.807) is 0 Å². The normalized spacial score (nSPS) is 24.6. The summed E-state index contributed by atoms with van der Waals surface area (Å²) in [6, 6.07) is 7.83. The Morgan fingerprint density at radius 2 is 1.81 bits per heavy atom. The summed E-state index contributed by atoms with van der Waals surface area (Å²) in [6.45, 7) is 0. The lowest BCUT2D eigenvalue weighted by Gasteiger charge is -2.31. The Hall–Kier alpha value is -1.07. The van der Waals surface area contributed by atoms with Crippen LogP contribution in [0.5, 0.6) is 0 Å². The number of nitrogens with zero attached hydrogens (tertiary/aromatic N) is 1. The van der Waals surface area contributed by atoms with Crippen LogP contribution in [0.15, 0.2) is 24.3 Å². The van der Waals surface area contributed by atoms with Crippen LogP contribution in [0.3, 0.4) is 0 Å². The second-order valence-corrected chi connectivity index (χ2v) is 8.63. The molecule has 3 unspecified atom stereocenters. The van der Waals surface area contributed by atoms with Crippen LogP contribution >= 0.6 is 0 Å². The van der Waals surface area contributed by atoms with Crippen molar-refractivity contribution in [3.8, 4) is 0 Å². The molecule has 0 spiro atoms. The molecule has 0 heterocycles. The highest BCUT2D eigenvalue weighted by atomic mass is 32.2. The van der Waals surface area contributed by atoms with Crippen LogP contribution in [0.1, 0.15) is 37.4 Å². The van der Waals surface area contributed by atoms with Gasteiger partial charge in [-0.1, -0.05) is 18.6 Å². The lowest BCUT2D eigenvalue weighted by atomic mass is 9.82. The molecule has 0 saturated heterocycles. The predicted molar refractivity (Wildman–Crippen MR) is 86.3 cm³/mol. The number of sulfone groups is 1. The SMILES string of the molecule is CN(C)c1ccc(C(O)C2CCCC(S(C)(=O)=O)C2)cc1. The Morgan fingerprint density at radius 1 is 1.19 bits per heavy atom. The maximum atomic E-state index is 11.7. The van der Waals surface area contributed by atoms with Crippen LogP contribution < -0.4 is 4.90 Å². The van der Waals surface area contributed by atoms with Gasteiger partial charge < -0.3 is 10.0 Å². The van der Waals surface area contributed by atoms with Crippen molar-refractivity contribution in [1.82, 2.24) is 0 Å². The first-order valence-corrected chi connectivity index (χ1v) is 9.38. The largest absolute Gasteiger partial charge is 0.388 e. The summed E-state index contributed by atoms with van der Waals surface area (Å²) in [5.41, 5.74) is 1.96. The van der Waals surface area contributed by atoms with E-state index in [4.69, 9.17) is 0 Å². The molecule has 118 valence electrons. The first-order valence-electron chi connectivity index (χ1n) is 7.43. The van der Waals surface area contributed by atoms with E-state index in [1.807, 2.05) is 43.3 Å². The zero-order valence-electron chi connectivity index (χ0n) is 13.0. The monoisotopic (exact) mass is 311 g/mol. The third-order valence-electron chi connectivity index (χ3n) is 4.47. The van der Waals surface area contributed by atoms with Crippen molar-refractivity contribution in [2.24, 2.45) is 5.92 Å². The van der Waals surface area contributed by atoms with Crippen molar-refractivity contribution in [3.05, 3.63) is 29.8 Å². The Bertz CT molecular complexity index is 566. The average molecular weight is 311 g/mol. The van der Waals surface area contributed by atoms with E-state index in [9.17, 15) is 13.5 Å². The highest BCUT2D eigenvalue weighted by Gasteiger charge is 2.32. The maximum Gasteiger partial charge on any atom is 0.150 e. The van der Waals surface area contributed by atoms with Gasteiger partial charge in [-0.15, -0.1) is 0 Å². The van der Waals surface area contributed by atoms with Gasteiger partial charge in [0.05, 0.1) is 11.4 Å². The highest BCUT2D eigenvalue weighted by molar-refractivity contribution is 7.91. The molecule has 1 aromatic rings. The molecule has 1 aliphatic rings. The van der Waals surface area contributed by atoms with Gasteiger partial charge in [-0.05, 0) is 42.9 Å². The van der Waals surface area contributed by atoms with Crippen LogP contribution in [0.2, 0.25) is 0 Å². The second-order valence-electron chi connectivity index (χ2n) is 6.31. The van der Waals surface area contributed by atoms with E-state index in [2.05, 4.69) is 0 Å². The van der Waals surface area contributed by atoms with E-state index >= 15 is 0 Å². The molecule has 4 nitrogen and oxygen atoms in total. The van der Waals surface area contributed by atoms with Gasteiger partial charge in [0.1, 0.15) is 9.84 Å². The highest BCUT2D eigenvalue weighted by Crippen LogP contribution is 2.37. The Morgan fingerprint density at radius 3 is 2.33 bits per heavy atom. The van der Waals surface area contributed by atoms with Crippen LogP contribution in [0, 0.1) is 5.92 Å². The topological polar surface area (TPSA) is 57.6 Å². The number of rotatable bonds is 4. The summed E-state index contributed by atoms with van der Waals surface area (Å²) in [6.07, 6.45) is 3.78. The molecule has 0 aromatic heterocycles. The lowest BCUT2D eigenvalue weighted by molar-refractivity contribution is 0.0857. The van der Waals surface area contributed by atoms with Crippen molar-refractivity contribution in [1.29, 1.82) is 0 Å². The molecule has 5 heteroatoms. The molecule has 0 amide bonds. The van der Waals surface area contributed by atoms with E-state index in [0.29, 0.717) is 6.42 Å². The first kappa shape index (κ1) is 16.3.